The molecule has 0 aromatic carbocycles. The Kier molecular flexibility index (Phi) is 5.24. The zero-order chi connectivity index (χ0) is 20.8. The molecule has 0 unspecified atom stereocenters. The maximum atomic E-state index is 12.8. The number of hydrogen-bond donors (Lipinski definition) is 0. The lowest BCUT2D eigenvalue weighted by atomic mass is 9.97. The van der Waals surface area contributed by atoms with E-state index in [0.717, 1.165) is 24.5 Å². The second kappa shape index (κ2) is 7.56. The van der Waals surface area contributed by atoms with Gasteiger partial charge in [-0.15, -0.1) is 10.2 Å². The number of fused-ring (bicyclic) bond motifs is 1. The van der Waals surface area contributed by atoms with Gasteiger partial charge in [-0.3, -0.25) is 4.79 Å². The Labute approximate surface area is 171 Å². The molecule has 0 atom stereocenters. The van der Waals surface area contributed by atoms with Crippen LogP contribution in [0, 0.1) is 0 Å². The molecule has 1 amide bonds. The molecule has 0 saturated carbocycles. The van der Waals surface area contributed by atoms with Crippen molar-refractivity contribution < 1.29 is 13.2 Å². The van der Waals surface area contributed by atoms with Gasteiger partial charge in [0.25, 0.3) is 5.91 Å². The van der Waals surface area contributed by atoms with Crippen LogP contribution < -0.4 is 0 Å². The zero-order valence-corrected chi connectivity index (χ0v) is 18.0. The first-order valence-electron chi connectivity index (χ1n) is 10.1. The molecule has 0 N–H and O–H groups in total. The Bertz CT molecular complexity index is 1000. The highest BCUT2D eigenvalue weighted by atomic mass is 32.2. The molecule has 2 aromatic heterocycles. The van der Waals surface area contributed by atoms with Crippen molar-refractivity contribution in [2.24, 2.45) is 7.05 Å². The molecule has 2 aliphatic rings. The van der Waals surface area contributed by atoms with Gasteiger partial charge in [0.1, 0.15) is 11.5 Å². The third-order valence-corrected chi connectivity index (χ3v) is 8.28. The molecule has 0 bridgehead atoms. The molecule has 0 spiro atoms. The van der Waals surface area contributed by atoms with E-state index in [-0.39, 0.29) is 11.8 Å². The minimum absolute atomic E-state index is 0.000463. The molecule has 0 radical (unpaired) electrons. The van der Waals surface area contributed by atoms with Crippen molar-refractivity contribution in [3.63, 3.8) is 0 Å². The summed E-state index contributed by atoms with van der Waals surface area (Å²) in [6, 6.07) is 3.69. The topological polar surface area (TPSA) is 93.3 Å². The number of piperidine rings is 1. The number of sulfonamides is 1. The molecule has 29 heavy (non-hydrogen) atoms. The SMILES string of the molecule is CC(C)S(=O)(=O)N1CCC(c2nnc3n2CCN(C(=O)c2cccn2C)C3)CC1. The van der Waals surface area contributed by atoms with Gasteiger partial charge in [-0.05, 0) is 38.8 Å². The molecule has 9 nitrogen and oxygen atoms in total. The van der Waals surface area contributed by atoms with E-state index < -0.39 is 15.3 Å². The van der Waals surface area contributed by atoms with Crippen molar-refractivity contribution in [1.82, 2.24) is 28.5 Å². The van der Waals surface area contributed by atoms with E-state index in [1.165, 1.54) is 0 Å². The maximum absolute atomic E-state index is 12.8. The standard InChI is InChI=1S/C19H28N6O3S/c1-14(2)29(27,28)24-9-6-15(7-10-24)18-21-20-17-13-23(11-12-25(17)18)19(26)16-5-4-8-22(16)3/h4-5,8,14-15H,6-7,9-13H2,1-3H3. The number of aryl methyl sites for hydroxylation is 1. The van der Waals surface area contributed by atoms with Gasteiger partial charge in [0.15, 0.2) is 5.82 Å². The van der Waals surface area contributed by atoms with Gasteiger partial charge in [-0.2, -0.15) is 0 Å². The van der Waals surface area contributed by atoms with Gasteiger partial charge < -0.3 is 14.0 Å². The summed E-state index contributed by atoms with van der Waals surface area (Å²) in [5.41, 5.74) is 0.664. The quantitative estimate of drug-likeness (QED) is 0.741. The minimum Gasteiger partial charge on any atom is -0.347 e. The number of aromatic nitrogens is 4. The number of carbonyl (C=O) groups is 1. The van der Waals surface area contributed by atoms with Gasteiger partial charge in [0.05, 0.1) is 11.8 Å². The molecule has 4 heterocycles. The summed E-state index contributed by atoms with van der Waals surface area (Å²) in [4.78, 5) is 14.6. The van der Waals surface area contributed by atoms with Crippen molar-refractivity contribution in [3.05, 3.63) is 35.7 Å². The third-order valence-electron chi connectivity index (χ3n) is 6.01. The zero-order valence-electron chi connectivity index (χ0n) is 17.2. The van der Waals surface area contributed by atoms with Gasteiger partial charge in [0, 0.05) is 45.3 Å². The van der Waals surface area contributed by atoms with Gasteiger partial charge in [-0.1, -0.05) is 0 Å². The lowest BCUT2D eigenvalue weighted by molar-refractivity contribution is 0.0696. The van der Waals surface area contributed by atoms with E-state index in [1.807, 2.05) is 29.9 Å². The number of hydrogen-bond acceptors (Lipinski definition) is 5. The largest absolute Gasteiger partial charge is 0.347 e. The molecular weight excluding hydrogens is 392 g/mol. The van der Waals surface area contributed by atoms with Gasteiger partial charge >= 0.3 is 0 Å². The van der Waals surface area contributed by atoms with Crippen molar-refractivity contribution >= 4 is 15.9 Å². The van der Waals surface area contributed by atoms with Crippen LogP contribution in [0.5, 0.6) is 0 Å². The summed E-state index contributed by atoms with van der Waals surface area (Å²) >= 11 is 0. The van der Waals surface area contributed by atoms with Gasteiger partial charge in [0.2, 0.25) is 10.0 Å². The van der Waals surface area contributed by atoms with Crippen molar-refractivity contribution in [3.8, 4) is 0 Å². The van der Waals surface area contributed by atoms with Crippen LogP contribution in [-0.2, 0) is 30.2 Å². The molecule has 2 aromatic rings. The van der Waals surface area contributed by atoms with E-state index in [1.54, 1.807) is 23.1 Å². The molecule has 1 saturated heterocycles. The Balaban J connectivity index is 1.44. The van der Waals surface area contributed by atoms with E-state index in [2.05, 4.69) is 14.8 Å². The summed E-state index contributed by atoms with van der Waals surface area (Å²) in [6.07, 6.45) is 3.36. The fourth-order valence-electron chi connectivity index (χ4n) is 4.17. The average Bonchev–Trinajstić information content (AvgIpc) is 3.33. The first-order valence-corrected chi connectivity index (χ1v) is 11.6. The predicted molar refractivity (Wildman–Crippen MR) is 108 cm³/mol. The second-order valence-electron chi connectivity index (χ2n) is 8.12. The fourth-order valence-corrected chi connectivity index (χ4v) is 5.48. The Hall–Kier alpha value is -2.20. The highest BCUT2D eigenvalue weighted by molar-refractivity contribution is 7.89. The Morgan fingerprint density at radius 1 is 1.14 bits per heavy atom. The first kappa shape index (κ1) is 20.1. The highest BCUT2D eigenvalue weighted by Crippen LogP contribution is 2.30. The molecule has 0 aliphatic carbocycles. The van der Waals surface area contributed by atoms with Crippen LogP contribution in [0.2, 0.25) is 0 Å². The van der Waals surface area contributed by atoms with Crippen molar-refractivity contribution in [2.45, 2.75) is 50.9 Å². The van der Waals surface area contributed by atoms with E-state index in [0.29, 0.717) is 38.4 Å². The van der Waals surface area contributed by atoms with Crippen LogP contribution in [0.1, 0.15) is 54.7 Å². The van der Waals surface area contributed by atoms with Crippen LogP contribution in [-0.4, -0.2) is 67.7 Å². The predicted octanol–water partition coefficient (Wildman–Crippen LogP) is 1.19. The van der Waals surface area contributed by atoms with Crippen LogP contribution in [0.15, 0.2) is 18.3 Å². The summed E-state index contributed by atoms with van der Waals surface area (Å²) in [5.74, 6) is 1.92. The number of rotatable bonds is 4. The fraction of sp³-hybridized carbons (Fsp3) is 0.632. The smallest absolute Gasteiger partial charge is 0.270 e. The molecule has 158 valence electrons. The normalized spacial score (nSPS) is 19.0. The molecule has 4 rings (SSSR count). The Morgan fingerprint density at radius 3 is 2.48 bits per heavy atom. The van der Waals surface area contributed by atoms with Crippen LogP contribution in [0.3, 0.4) is 0 Å². The molecular formula is C19H28N6O3S. The summed E-state index contributed by atoms with van der Waals surface area (Å²) in [7, 11) is -1.34. The number of amides is 1. The number of carbonyl (C=O) groups excluding carboxylic acids is 1. The molecule has 10 heteroatoms. The second-order valence-corrected chi connectivity index (χ2v) is 10.6. The Morgan fingerprint density at radius 2 is 1.86 bits per heavy atom. The highest BCUT2D eigenvalue weighted by Gasteiger charge is 2.34. The van der Waals surface area contributed by atoms with Gasteiger partial charge in [-0.25, -0.2) is 12.7 Å². The number of nitrogens with zero attached hydrogens (tertiary/aromatic N) is 6. The lowest BCUT2D eigenvalue weighted by Crippen LogP contribution is -2.42. The monoisotopic (exact) mass is 420 g/mol. The first-order chi connectivity index (χ1) is 13.8. The van der Waals surface area contributed by atoms with E-state index in [9.17, 15) is 13.2 Å². The summed E-state index contributed by atoms with van der Waals surface area (Å²) < 4.78 is 30.3. The summed E-state index contributed by atoms with van der Waals surface area (Å²) in [5, 5.41) is 8.37. The van der Waals surface area contributed by atoms with Crippen LogP contribution in [0.4, 0.5) is 0 Å². The molecule has 2 aliphatic heterocycles. The lowest BCUT2D eigenvalue weighted by Gasteiger charge is -2.33. The maximum Gasteiger partial charge on any atom is 0.270 e. The third kappa shape index (κ3) is 3.59. The van der Waals surface area contributed by atoms with E-state index in [4.69, 9.17) is 0 Å². The minimum atomic E-state index is -3.21. The summed E-state index contributed by atoms with van der Waals surface area (Å²) in [6.45, 7) is 6.20. The average molecular weight is 421 g/mol. The van der Waals surface area contributed by atoms with Crippen molar-refractivity contribution in [2.75, 3.05) is 19.6 Å². The van der Waals surface area contributed by atoms with Crippen LogP contribution >= 0.6 is 0 Å². The van der Waals surface area contributed by atoms with Crippen molar-refractivity contribution in [1.29, 1.82) is 0 Å². The molecule has 1 fully saturated rings. The van der Waals surface area contributed by atoms with E-state index >= 15 is 0 Å². The van der Waals surface area contributed by atoms with Crippen LogP contribution in [0.25, 0.3) is 0 Å².